The Hall–Kier alpha value is -3.17. The zero-order valence-corrected chi connectivity index (χ0v) is 16.9. The first-order valence-electron chi connectivity index (χ1n) is 9.54. The number of nitrogens with zero attached hydrogens (tertiary/aromatic N) is 4. The number of anilines is 1. The molecule has 0 atom stereocenters. The quantitative estimate of drug-likeness (QED) is 0.680. The third-order valence-electron chi connectivity index (χ3n) is 4.80. The average molecular weight is 425 g/mol. The maximum absolute atomic E-state index is 13.0. The van der Waals surface area contributed by atoms with Crippen molar-refractivity contribution < 1.29 is 14.0 Å². The molecule has 0 aliphatic carbocycles. The molecule has 3 aromatic rings. The van der Waals surface area contributed by atoms with Gasteiger partial charge >= 0.3 is 0 Å². The molecule has 1 aliphatic rings. The summed E-state index contributed by atoms with van der Waals surface area (Å²) in [7, 11) is 0. The van der Waals surface area contributed by atoms with Crippen LogP contribution in [0.4, 0.5) is 10.1 Å². The van der Waals surface area contributed by atoms with Gasteiger partial charge in [-0.2, -0.15) is 0 Å². The predicted molar refractivity (Wildman–Crippen MR) is 112 cm³/mol. The molecule has 7 nitrogen and oxygen atoms in total. The van der Waals surface area contributed by atoms with E-state index < -0.39 is 0 Å². The smallest absolute Gasteiger partial charge is 0.286 e. The molecule has 1 fully saturated rings. The van der Waals surface area contributed by atoms with Crippen molar-refractivity contribution in [3.8, 4) is 0 Å². The maximum Gasteiger partial charge on any atom is 0.286 e. The number of amides is 2. The third kappa shape index (κ3) is 4.87. The first-order chi connectivity index (χ1) is 14.6. The van der Waals surface area contributed by atoms with Gasteiger partial charge < -0.3 is 10.2 Å². The third-order valence-corrected chi connectivity index (χ3v) is 5.71. The number of rotatable bonds is 5. The zero-order chi connectivity index (χ0) is 20.9. The van der Waals surface area contributed by atoms with Crippen LogP contribution >= 0.6 is 11.3 Å². The predicted octanol–water partition coefficient (Wildman–Crippen LogP) is 2.89. The second-order valence-electron chi connectivity index (χ2n) is 6.90. The maximum atomic E-state index is 13.0. The van der Waals surface area contributed by atoms with Gasteiger partial charge in [-0.15, -0.1) is 10.2 Å². The molecule has 4 rings (SSSR count). The number of halogens is 1. The normalized spacial score (nSPS) is 14.5. The van der Waals surface area contributed by atoms with Gasteiger partial charge in [0, 0.05) is 37.4 Å². The fourth-order valence-corrected chi connectivity index (χ4v) is 3.97. The van der Waals surface area contributed by atoms with Crippen LogP contribution in [0.2, 0.25) is 0 Å². The molecule has 154 valence electrons. The molecule has 30 heavy (non-hydrogen) atoms. The van der Waals surface area contributed by atoms with E-state index in [1.54, 1.807) is 0 Å². The molecule has 2 amide bonds. The Morgan fingerprint density at radius 2 is 1.67 bits per heavy atom. The Kier molecular flexibility index (Phi) is 6.10. The van der Waals surface area contributed by atoms with E-state index in [0.717, 1.165) is 18.1 Å². The van der Waals surface area contributed by atoms with Crippen LogP contribution in [0, 0.1) is 5.82 Å². The highest BCUT2D eigenvalue weighted by Gasteiger charge is 2.23. The number of nitrogens with one attached hydrogen (secondary N) is 1. The lowest BCUT2D eigenvalue weighted by Gasteiger charge is -2.34. The fourth-order valence-electron chi connectivity index (χ4n) is 3.19. The van der Waals surface area contributed by atoms with Gasteiger partial charge in [-0.25, -0.2) is 4.39 Å². The first-order valence-corrected chi connectivity index (χ1v) is 10.4. The van der Waals surface area contributed by atoms with Crippen molar-refractivity contribution in [2.24, 2.45) is 0 Å². The molecule has 1 aromatic heterocycles. The monoisotopic (exact) mass is 425 g/mol. The van der Waals surface area contributed by atoms with E-state index in [1.807, 2.05) is 35.2 Å². The van der Waals surface area contributed by atoms with Gasteiger partial charge in [-0.1, -0.05) is 29.5 Å². The average Bonchev–Trinajstić information content (AvgIpc) is 3.25. The minimum Gasteiger partial charge on any atom is -0.336 e. The molecule has 1 saturated heterocycles. The van der Waals surface area contributed by atoms with E-state index in [9.17, 15) is 14.0 Å². The second-order valence-corrected chi connectivity index (χ2v) is 7.96. The molecule has 2 aromatic carbocycles. The Morgan fingerprint density at radius 1 is 0.967 bits per heavy atom. The SMILES string of the molecule is O=C(Nc1ccc(F)cc1)c1nnc(CN2CCN(C(=O)c3ccccc3)CC2)s1. The van der Waals surface area contributed by atoms with Crippen molar-refractivity contribution in [3.05, 3.63) is 76.0 Å². The lowest BCUT2D eigenvalue weighted by molar-refractivity contribution is 0.0628. The Morgan fingerprint density at radius 3 is 2.37 bits per heavy atom. The standard InChI is InChI=1S/C21H20FN5O2S/c22-16-6-8-17(9-7-16)23-19(28)20-25-24-18(30-20)14-26-10-12-27(13-11-26)21(29)15-4-2-1-3-5-15/h1-9H,10-14H2,(H,23,28). The van der Waals surface area contributed by atoms with Gasteiger partial charge in [0.15, 0.2) is 0 Å². The van der Waals surface area contributed by atoms with Gasteiger partial charge in [0.25, 0.3) is 11.8 Å². The molecule has 1 N–H and O–H groups in total. The van der Waals surface area contributed by atoms with Gasteiger partial charge in [0.05, 0.1) is 6.54 Å². The Balaban J connectivity index is 1.29. The number of benzene rings is 2. The van der Waals surface area contributed by atoms with E-state index in [1.165, 1.54) is 35.6 Å². The number of hydrogen-bond acceptors (Lipinski definition) is 6. The van der Waals surface area contributed by atoms with Gasteiger partial charge in [0.2, 0.25) is 5.01 Å². The fraction of sp³-hybridized carbons (Fsp3) is 0.238. The topological polar surface area (TPSA) is 78.4 Å². The number of carbonyl (C=O) groups excluding carboxylic acids is 2. The van der Waals surface area contributed by atoms with E-state index in [-0.39, 0.29) is 22.6 Å². The molecular formula is C21H20FN5O2S. The number of piperazine rings is 1. The van der Waals surface area contributed by atoms with Crippen LogP contribution < -0.4 is 5.32 Å². The van der Waals surface area contributed by atoms with Crippen LogP contribution in [0.25, 0.3) is 0 Å². The molecule has 0 saturated carbocycles. The molecule has 1 aliphatic heterocycles. The van der Waals surface area contributed by atoms with Gasteiger partial charge in [-0.05, 0) is 36.4 Å². The molecular weight excluding hydrogens is 405 g/mol. The largest absolute Gasteiger partial charge is 0.336 e. The summed E-state index contributed by atoms with van der Waals surface area (Å²) < 4.78 is 13.0. The van der Waals surface area contributed by atoms with Crippen LogP contribution in [0.3, 0.4) is 0 Å². The highest BCUT2D eigenvalue weighted by atomic mass is 32.1. The number of hydrogen-bond donors (Lipinski definition) is 1. The van der Waals surface area contributed by atoms with E-state index >= 15 is 0 Å². The molecule has 0 spiro atoms. The zero-order valence-electron chi connectivity index (χ0n) is 16.1. The van der Waals surface area contributed by atoms with E-state index in [2.05, 4.69) is 20.4 Å². The Bertz CT molecular complexity index is 1020. The first kappa shape index (κ1) is 20.1. The molecule has 0 unspecified atom stereocenters. The Labute approximate surface area is 177 Å². The van der Waals surface area contributed by atoms with Crippen molar-refractivity contribution in [2.45, 2.75) is 6.54 Å². The van der Waals surface area contributed by atoms with Crippen molar-refractivity contribution >= 4 is 28.8 Å². The van der Waals surface area contributed by atoms with Crippen LogP contribution in [0.1, 0.15) is 25.2 Å². The molecule has 0 radical (unpaired) electrons. The minimum atomic E-state index is -0.372. The van der Waals surface area contributed by atoms with Crippen molar-refractivity contribution in [3.63, 3.8) is 0 Å². The second kappa shape index (κ2) is 9.10. The van der Waals surface area contributed by atoms with Crippen LogP contribution in [0.5, 0.6) is 0 Å². The van der Waals surface area contributed by atoms with E-state index in [0.29, 0.717) is 30.9 Å². The molecule has 9 heteroatoms. The summed E-state index contributed by atoms with van der Waals surface area (Å²) in [6.07, 6.45) is 0. The summed E-state index contributed by atoms with van der Waals surface area (Å²) in [5.74, 6) is -0.689. The van der Waals surface area contributed by atoms with Crippen LogP contribution in [-0.2, 0) is 6.54 Å². The van der Waals surface area contributed by atoms with Crippen LogP contribution in [0.15, 0.2) is 54.6 Å². The number of aromatic nitrogens is 2. The van der Waals surface area contributed by atoms with Gasteiger partial charge in [-0.3, -0.25) is 14.5 Å². The van der Waals surface area contributed by atoms with Crippen molar-refractivity contribution in [2.75, 3.05) is 31.5 Å². The summed E-state index contributed by atoms with van der Waals surface area (Å²) in [5, 5.41) is 11.8. The van der Waals surface area contributed by atoms with Gasteiger partial charge in [0.1, 0.15) is 10.8 Å². The molecule has 2 heterocycles. The summed E-state index contributed by atoms with van der Waals surface area (Å²) >= 11 is 1.23. The summed E-state index contributed by atoms with van der Waals surface area (Å²) in [5.41, 5.74) is 1.20. The summed E-state index contributed by atoms with van der Waals surface area (Å²) in [6, 6.07) is 14.8. The lowest BCUT2D eigenvalue weighted by Crippen LogP contribution is -2.48. The minimum absolute atomic E-state index is 0.0471. The summed E-state index contributed by atoms with van der Waals surface area (Å²) in [6.45, 7) is 3.33. The highest BCUT2D eigenvalue weighted by molar-refractivity contribution is 7.13. The van der Waals surface area contributed by atoms with Crippen LogP contribution in [-0.4, -0.2) is 58.0 Å². The summed E-state index contributed by atoms with van der Waals surface area (Å²) in [4.78, 5) is 28.9. The lowest BCUT2D eigenvalue weighted by atomic mass is 10.2. The highest BCUT2D eigenvalue weighted by Crippen LogP contribution is 2.17. The van der Waals surface area contributed by atoms with Crippen molar-refractivity contribution in [1.29, 1.82) is 0 Å². The number of carbonyl (C=O) groups is 2. The molecule has 0 bridgehead atoms. The van der Waals surface area contributed by atoms with Crippen molar-refractivity contribution in [1.82, 2.24) is 20.0 Å². The van der Waals surface area contributed by atoms with E-state index in [4.69, 9.17) is 0 Å².